The smallest absolute Gasteiger partial charge is 0.326 e. The lowest BCUT2D eigenvalue weighted by Gasteiger charge is -2.42. The summed E-state index contributed by atoms with van der Waals surface area (Å²) in [5, 5.41) is 10.3. The minimum atomic E-state index is -1.96. The van der Waals surface area contributed by atoms with Crippen molar-refractivity contribution in [3.8, 4) is 6.07 Å². The highest BCUT2D eigenvalue weighted by molar-refractivity contribution is 7.87. The number of aryl methyl sites for hydroxylation is 1. The minimum absolute atomic E-state index is 0.0414. The highest BCUT2D eigenvalue weighted by Crippen LogP contribution is 2.63. The van der Waals surface area contributed by atoms with E-state index in [1.165, 1.54) is 0 Å². The normalized spacial score (nSPS) is 27.8. The van der Waals surface area contributed by atoms with Crippen LogP contribution < -0.4 is 0 Å². The van der Waals surface area contributed by atoms with E-state index >= 15 is 0 Å². The average molecular weight is 401 g/mol. The van der Waals surface area contributed by atoms with E-state index in [4.69, 9.17) is 9.47 Å². The molecule has 0 N–H and O–H groups in total. The Balaban J connectivity index is 2.26. The fourth-order valence-electron chi connectivity index (χ4n) is 4.41. The van der Waals surface area contributed by atoms with Gasteiger partial charge in [0.05, 0.1) is 30.1 Å². The van der Waals surface area contributed by atoms with Gasteiger partial charge in [0, 0.05) is 16.7 Å². The molecular formula is C21H23NO5S. The number of rotatable bonds is 6. The molecule has 2 aliphatic rings. The van der Waals surface area contributed by atoms with E-state index in [9.17, 15) is 19.1 Å². The second-order valence-electron chi connectivity index (χ2n) is 7.01. The Morgan fingerprint density at radius 1 is 1.11 bits per heavy atom. The Bertz CT molecular complexity index is 867. The molecular weight excluding hydrogens is 378 g/mol. The summed E-state index contributed by atoms with van der Waals surface area (Å²) < 4.78 is 22.5. The van der Waals surface area contributed by atoms with Crippen molar-refractivity contribution < 1.29 is 23.3 Å². The molecule has 2 aliphatic carbocycles. The molecule has 0 saturated heterocycles. The van der Waals surface area contributed by atoms with Crippen LogP contribution in [0.4, 0.5) is 0 Å². The summed E-state index contributed by atoms with van der Waals surface area (Å²) in [5.41, 5.74) is -0.982. The summed E-state index contributed by atoms with van der Waals surface area (Å²) in [4.78, 5) is 26.8. The molecule has 0 amide bonds. The van der Waals surface area contributed by atoms with Gasteiger partial charge in [-0.25, -0.2) is 0 Å². The largest absolute Gasteiger partial charge is 0.465 e. The van der Waals surface area contributed by atoms with Crippen molar-refractivity contribution in [1.29, 1.82) is 5.26 Å². The monoisotopic (exact) mass is 401 g/mol. The molecule has 0 spiro atoms. The first kappa shape index (κ1) is 20.3. The van der Waals surface area contributed by atoms with Gasteiger partial charge in [-0.3, -0.25) is 13.8 Å². The first-order valence-electron chi connectivity index (χ1n) is 9.32. The summed E-state index contributed by atoms with van der Waals surface area (Å²) in [6.07, 6.45) is 3.92. The maximum absolute atomic E-state index is 13.8. The Kier molecular flexibility index (Phi) is 5.44. The van der Waals surface area contributed by atoms with Crippen LogP contribution in [0.3, 0.4) is 0 Å². The summed E-state index contributed by atoms with van der Waals surface area (Å²) in [7, 11) is -1.96. The van der Waals surface area contributed by atoms with Gasteiger partial charge in [0.15, 0.2) is 4.75 Å². The first-order valence-corrected chi connectivity index (χ1v) is 10.5. The lowest BCUT2D eigenvalue weighted by Crippen LogP contribution is -2.62. The van der Waals surface area contributed by atoms with E-state index in [2.05, 4.69) is 6.07 Å². The van der Waals surface area contributed by atoms with Crippen LogP contribution in [-0.4, -0.2) is 34.1 Å². The molecule has 4 atom stereocenters. The summed E-state index contributed by atoms with van der Waals surface area (Å²) in [5.74, 6) is -2.79. The number of ether oxygens (including phenoxy) is 2. The van der Waals surface area contributed by atoms with Crippen molar-refractivity contribution in [2.45, 2.75) is 36.8 Å². The van der Waals surface area contributed by atoms with Gasteiger partial charge in [0.1, 0.15) is 0 Å². The van der Waals surface area contributed by atoms with Crippen LogP contribution in [0.5, 0.6) is 0 Å². The molecule has 4 unspecified atom stereocenters. The quantitative estimate of drug-likeness (QED) is 0.413. The van der Waals surface area contributed by atoms with Crippen LogP contribution in [0.25, 0.3) is 0 Å². The molecule has 2 bridgehead atoms. The molecule has 1 aromatic rings. The maximum Gasteiger partial charge on any atom is 0.326 e. The number of fused-ring (bicyclic) bond motifs is 2. The Morgan fingerprint density at radius 2 is 1.64 bits per heavy atom. The van der Waals surface area contributed by atoms with E-state index in [1.54, 1.807) is 50.3 Å². The van der Waals surface area contributed by atoms with Crippen molar-refractivity contribution in [2.24, 2.45) is 17.3 Å². The molecule has 0 aromatic heterocycles. The number of hydrogen-bond donors (Lipinski definition) is 0. The van der Waals surface area contributed by atoms with E-state index in [1.807, 2.05) is 6.92 Å². The van der Waals surface area contributed by atoms with Crippen LogP contribution >= 0.6 is 0 Å². The number of esters is 2. The Morgan fingerprint density at radius 3 is 2.14 bits per heavy atom. The van der Waals surface area contributed by atoms with E-state index < -0.39 is 44.7 Å². The van der Waals surface area contributed by atoms with Gasteiger partial charge < -0.3 is 9.47 Å². The molecule has 0 radical (unpaired) electrons. The third kappa shape index (κ3) is 2.55. The molecule has 28 heavy (non-hydrogen) atoms. The van der Waals surface area contributed by atoms with Gasteiger partial charge in [-0.15, -0.1) is 0 Å². The Labute approximate surface area is 167 Å². The highest BCUT2D eigenvalue weighted by atomic mass is 32.2. The van der Waals surface area contributed by atoms with Gasteiger partial charge in [-0.1, -0.05) is 29.8 Å². The van der Waals surface area contributed by atoms with E-state index in [-0.39, 0.29) is 13.2 Å². The second-order valence-corrected chi connectivity index (χ2v) is 8.66. The van der Waals surface area contributed by atoms with Gasteiger partial charge in [0.2, 0.25) is 5.41 Å². The van der Waals surface area contributed by atoms with Crippen LogP contribution in [0.1, 0.15) is 25.8 Å². The molecule has 0 aliphatic heterocycles. The highest BCUT2D eigenvalue weighted by Gasteiger charge is 2.78. The topological polar surface area (TPSA) is 93.5 Å². The van der Waals surface area contributed by atoms with Gasteiger partial charge in [0.25, 0.3) is 0 Å². The molecule has 148 valence electrons. The standard InChI is InChI=1S/C21H23NO5S/c1-4-26-18(23)21(19(24)27-5-2)16-9-8-15(12-16)20(21,13-22)28(25)17-10-6-14(3)7-11-17/h6-11,15-16H,4-5,12H2,1-3H3. The molecule has 3 rings (SSSR count). The molecule has 7 heteroatoms. The molecule has 1 aromatic carbocycles. The van der Waals surface area contributed by atoms with Gasteiger partial charge in [-0.2, -0.15) is 5.26 Å². The molecule has 1 fully saturated rings. The zero-order valence-electron chi connectivity index (χ0n) is 16.1. The second kappa shape index (κ2) is 7.51. The van der Waals surface area contributed by atoms with Crippen molar-refractivity contribution >= 4 is 22.7 Å². The van der Waals surface area contributed by atoms with E-state index in [0.717, 1.165) is 5.56 Å². The van der Waals surface area contributed by atoms with Crippen LogP contribution in [0, 0.1) is 35.5 Å². The predicted octanol–water partition coefficient (Wildman–Crippen LogP) is 2.68. The number of allylic oxidation sites excluding steroid dienone is 2. The third-order valence-corrected chi connectivity index (χ3v) is 7.64. The zero-order valence-corrected chi connectivity index (χ0v) is 17.0. The SMILES string of the molecule is CCOC(=O)C1(C(=O)OCC)C2C=CC(C2)C1(C#N)S(=O)c1ccc(C)cc1. The molecule has 0 heterocycles. The fourth-order valence-corrected chi connectivity index (χ4v) is 6.31. The number of nitriles is 1. The number of benzene rings is 1. The maximum atomic E-state index is 13.8. The number of hydrogen-bond acceptors (Lipinski definition) is 6. The van der Waals surface area contributed by atoms with Crippen molar-refractivity contribution in [3.05, 3.63) is 42.0 Å². The Hall–Kier alpha value is -2.46. The van der Waals surface area contributed by atoms with E-state index in [0.29, 0.717) is 11.3 Å². The number of nitrogens with zero attached hydrogens (tertiary/aromatic N) is 1. The van der Waals surface area contributed by atoms with Gasteiger partial charge in [-0.05, 0) is 39.3 Å². The summed E-state index contributed by atoms with van der Waals surface area (Å²) in [6, 6.07) is 9.05. The van der Waals surface area contributed by atoms with Crippen molar-refractivity contribution in [2.75, 3.05) is 13.2 Å². The van der Waals surface area contributed by atoms with Crippen LogP contribution in [0.2, 0.25) is 0 Å². The van der Waals surface area contributed by atoms with Crippen molar-refractivity contribution in [3.63, 3.8) is 0 Å². The van der Waals surface area contributed by atoms with Gasteiger partial charge >= 0.3 is 11.9 Å². The predicted molar refractivity (Wildman–Crippen MR) is 102 cm³/mol. The number of carbonyl (C=O) groups excluding carboxylic acids is 2. The van der Waals surface area contributed by atoms with Crippen LogP contribution in [-0.2, 0) is 29.9 Å². The fraction of sp³-hybridized carbons (Fsp3) is 0.476. The number of carbonyl (C=O) groups is 2. The zero-order chi connectivity index (χ0) is 20.5. The van der Waals surface area contributed by atoms with Crippen molar-refractivity contribution in [1.82, 2.24) is 0 Å². The molecule has 6 nitrogen and oxygen atoms in total. The molecule has 1 saturated carbocycles. The first-order chi connectivity index (χ1) is 13.4. The lowest BCUT2D eigenvalue weighted by atomic mass is 9.68. The summed E-state index contributed by atoms with van der Waals surface area (Å²) in [6.45, 7) is 5.24. The van der Waals surface area contributed by atoms with Crippen LogP contribution in [0.15, 0.2) is 41.3 Å². The lowest BCUT2D eigenvalue weighted by molar-refractivity contribution is -0.175. The average Bonchev–Trinajstić information content (AvgIpc) is 3.27. The third-order valence-electron chi connectivity index (χ3n) is 5.64. The summed E-state index contributed by atoms with van der Waals surface area (Å²) >= 11 is 0. The minimum Gasteiger partial charge on any atom is -0.465 e.